The number of hydrogen-bond acceptors (Lipinski definition) is 5. The number of piperidine rings is 1. The molecular formula is C16H21N5O3S. The number of amides is 1. The molecule has 0 saturated carbocycles. The maximum atomic E-state index is 12.6. The van der Waals surface area contributed by atoms with Crippen molar-refractivity contribution in [3.63, 3.8) is 0 Å². The quantitative estimate of drug-likeness (QED) is 0.843. The molecule has 1 atom stereocenters. The Kier molecular flexibility index (Phi) is 5.14. The molecule has 0 spiro atoms. The molecule has 0 radical (unpaired) electrons. The SMILES string of the molecule is CS(=O)(=O)N1CCCC[C@@H]1C(=O)NCc1cccnc1-n1cccn1. The summed E-state index contributed by atoms with van der Waals surface area (Å²) in [5.74, 6) is 0.358. The Morgan fingerprint density at radius 3 is 2.88 bits per heavy atom. The summed E-state index contributed by atoms with van der Waals surface area (Å²) in [7, 11) is -3.40. The van der Waals surface area contributed by atoms with Crippen LogP contribution in [0.25, 0.3) is 5.82 Å². The molecule has 0 aliphatic carbocycles. The number of sulfonamides is 1. The fourth-order valence-electron chi connectivity index (χ4n) is 3.03. The number of aromatic nitrogens is 3. The molecule has 134 valence electrons. The second kappa shape index (κ2) is 7.32. The van der Waals surface area contributed by atoms with E-state index in [-0.39, 0.29) is 12.5 Å². The molecule has 0 aromatic carbocycles. The van der Waals surface area contributed by atoms with Gasteiger partial charge in [0.2, 0.25) is 15.9 Å². The number of pyridine rings is 1. The van der Waals surface area contributed by atoms with Gasteiger partial charge in [-0.1, -0.05) is 12.5 Å². The lowest BCUT2D eigenvalue weighted by atomic mass is 10.0. The van der Waals surface area contributed by atoms with Crippen LogP contribution in [0.15, 0.2) is 36.8 Å². The summed E-state index contributed by atoms with van der Waals surface area (Å²) < 4.78 is 26.7. The monoisotopic (exact) mass is 363 g/mol. The largest absolute Gasteiger partial charge is 0.350 e. The minimum absolute atomic E-state index is 0.260. The highest BCUT2D eigenvalue weighted by atomic mass is 32.2. The average molecular weight is 363 g/mol. The van der Waals surface area contributed by atoms with Crippen molar-refractivity contribution in [2.45, 2.75) is 31.8 Å². The zero-order chi connectivity index (χ0) is 17.9. The Morgan fingerprint density at radius 1 is 1.32 bits per heavy atom. The van der Waals surface area contributed by atoms with Gasteiger partial charge in [-0.3, -0.25) is 4.79 Å². The minimum atomic E-state index is -3.40. The van der Waals surface area contributed by atoms with E-state index in [1.165, 1.54) is 4.31 Å². The van der Waals surface area contributed by atoms with Gasteiger partial charge in [0, 0.05) is 37.2 Å². The molecule has 0 unspecified atom stereocenters. The van der Waals surface area contributed by atoms with Crippen LogP contribution in [0.2, 0.25) is 0 Å². The van der Waals surface area contributed by atoms with Gasteiger partial charge in [-0.25, -0.2) is 18.1 Å². The van der Waals surface area contributed by atoms with Gasteiger partial charge in [-0.2, -0.15) is 9.40 Å². The zero-order valence-electron chi connectivity index (χ0n) is 14.0. The van der Waals surface area contributed by atoms with E-state index < -0.39 is 16.1 Å². The van der Waals surface area contributed by atoms with Crippen LogP contribution >= 0.6 is 0 Å². The molecule has 1 fully saturated rings. The van der Waals surface area contributed by atoms with Gasteiger partial charge in [-0.05, 0) is 25.0 Å². The maximum absolute atomic E-state index is 12.6. The van der Waals surface area contributed by atoms with Crippen LogP contribution in [0.5, 0.6) is 0 Å². The van der Waals surface area contributed by atoms with E-state index in [0.29, 0.717) is 18.8 Å². The summed E-state index contributed by atoms with van der Waals surface area (Å²) in [6.07, 6.45) is 8.41. The van der Waals surface area contributed by atoms with E-state index in [2.05, 4.69) is 15.4 Å². The van der Waals surface area contributed by atoms with Crippen LogP contribution in [0.1, 0.15) is 24.8 Å². The summed E-state index contributed by atoms with van der Waals surface area (Å²) in [6.45, 7) is 0.651. The normalized spacial score (nSPS) is 18.8. The first-order chi connectivity index (χ1) is 12.0. The van der Waals surface area contributed by atoms with Crippen LogP contribution in [0.4, 0.5) is 0 Å². The molecule has 1 saturated heterocycles. The number of hydrogen-bond donors (Lipinski definition) is 1. The highest BCUT2D eigenvalue weighted by molar-refractivity contribution is 7.88. The second-order valence-electron chi connectivity index (χ2n) is 6.04. The van der Waals surface area contributed by atoms with Crippen LogP contribution in [-0.2, 0) is 21.4 Å². The van der Waals surface area contributed by atoms with Crippen molar-refractivity contribution in [2.75, 3.05) is 12.8 Å². The van der Waals surface area contributed by atoms with Gasteiger partial charge < -0.3 is 5.32 Å². The molecule has 8 nitrogen and oxygen atoms in total. The molecule has 1 N–H and O–H groups in total. The molecule has 9 heteroatoms. The summed E-state index contributed by atoms with van der Waals surface area (Å²) in [5.41, 5.74) is 0.807. The topological polar surface area (TPSA) is 97.2 Å². The number of carbonyl (C=O) groups excluding carboxylic acids is 1. The van der Waals surface area contributed by atoms with E-state index in [4.69, 9.17) is 0 Å². The predicted octanol–water partition coefficient (Wildman–Crippen LogP) is 0.698. The first kappa shape index (κ1) is 17.6. The minimum Gasteiger partial charge on any atom is -0.350 e. The first-order valence-electron chi connectivity index (χ1n) is 8.15. The summed E-state index contributed by atoms with van der Waals surface area (Å²) >= 11 is 0. The molecule has 3 rings (SSSR count). The zero-order valence-corrected chi connectivity index (χ0v) is 14.8. The summed E-state index contributed by atoms with van der Waals surface area (Å²) in [4.78, 5) is 16.9. The summed E-state index contributed by atoms with van der Waals surface area (Å²) in [5, 5.41) is 7.01. The standard InChI is InChI=1S/C16H21N5O3S/c1-25(23,24)21-11-3-2-7-14(21)16(22)18-12-13-6-4-8-17-15(13)20-10-5-9-19-20/h4-6,8-10,14H,2-3,7,11-12H2,1H3,(H,18,22)/t14-/m1/s1. The van der Waals surface area contributed by atoms with Gasteiger partial charge >= 0.3 is 0 Å². The average Bonchev–Trinajstić information content (AvgIpc) is 3.13. The Balaban J connectivity index is 1.73. The van der Waals surface area contributed by atoms with E-state index in [1.807, 2.05) is 6.07 Å². The van der Waals surface area contributed by atoms with Gasteiger partial charge in [0.05, 0.1) is 6.26 Å². The van der Waals surface area contributed by atoms with Crippen LogP contribution in [0, 0.1) is 0 Å². The van der Waals surface area contributed by atoms with E-state index in [0.717, 1.165) is 24.7 Å². The molecule has 3 heterocycles. The van der Waals surface area contributed by atoms with E-state index in [1.54, 1.807) is 35.4 Å². The first-order valence-corrected chi connectivity index (χ1v) is 10.00. The molecule has 1 aliphatic heterocycles. The third-order valence-electron chi connectivity index (χ3n) is 4.22. The molecule has 0 bridgehead atoms. The van der Waals surface area contributed by atoms with Crippen LogP contribution in [0.3, 0.4) is 0 Å². The maximum Gasteiger partial charge on any atom is 0.238 e. The second-order valence-corrected chi connectivity index (χ2v) is 7.97. The van der Waals surface area contributed by atoms with Crippen LogP contribution in [-0.4, -0.2) is 52.2 Å². The highest BCUT2D eigenvalue weighted by Crippen LogP contribution is 2.20. The van der Waals surface area contributed by atoms with Crippen molar-refractivity contribution in [1.29, 1.82) is 0 Å². The molecule has 2 aromatic rings. The fourth-order valence-corrected chi connectivity index (χ4v) is 4.16. The molecule has 1 amide bonds. The third-order valence-corrected chi connectivity index (χ3v) is 5.51. The Bertz CT molecular complexity index is 835. The predicted molar refractivity (Wildman–Crippen MR) is 92.4 cm³/mol. The number of rotatable bonds is 5. The number of nitrogens with one attached hydrogen (secondary N) is 1. The van der Waals surface area contributed by atoms with Gasteiger partial charge in [-0.15, -0.1) is 0 Å². The lowest BCUT2D eigenvalue weighted by molar-refractivity contribution is -0.125. The lowest BCUT2D eigenvalue weighted by Gasteiger charge is -2.32. The van der Waals surface area contributed by atoms with Crippen molar-refractivity contribution in [3.05, 3.63) is 42.4 Å². The smallest absolute Gasteiger partial charge is 0.238 e. The van der Waals surface area contributed by atoms with Crippen molar-refractivity contribution in [1.82, 2.24) is 24.4 Å². The van der Waals surface area contributed by atoms with Gasteiger partial charge in [0.25, 0.3) is 0 Å². The van der Waals surface area contributed by atoms with Gasteiger partial charge in [0.15, 0.2) is 5.82 Å². The summed E-state index contributed by atoms with van der Waals surface area (Å²) in [6, 6.07) is 4.80. The van der Waals surface area contributed by atoms with Crippen molar-refractivity contribution >= 4 is 15.9 Å². The van der Waals surface area contributed by atoms with E-state index >= 15 is 0 Å². The fraction of sp³-hybridized carbons (Fsp3) is 0.438. The highest BCUT2D eigenvalue weighted by Gasteiger charge is 2.34. The molecule has 1 aliphatic rings. The molecule has 2 aromatic heterocycles. The number of nitrogens with zero attached hydrogens (tertiary/aromatic N) is 4. The Morgan fingerprint density at radius 2 is 2.16 bits per heavy atom. The number of carbonyl (C=O) groups is 1. The third kappa shape index (κ3) is 4.05. The Labute approximate surface area is 146 Å². The van der Waals surface area contributed by atoms with Crippen molar-refractivity contribution in [3.8, 4) is 5.82 Å². The lowest BCUT2D eigenvalue weighted by Crippen LogP contribution is -2.51. The van der Waals surface area contributed by atoms with Crippen molar-refractivity contribution in [2.24, 2.45) is 0 Å². The van der Waals surface area contributed by atoms with Crippen LogP contribution < -0.4 is 5.32 Å². The molecule has 25 heavy (non-hydrogen) atoms. The Hall–Kier alpha value is -2.26. The van der Waals surface area contributed by atoms with E-state index in [9.17, 15) is 13.2 Å². The van der Waals surface area contributed by atoms with Gasteiger partial charge in [0.1, 0.15) is 6.04 Å². The van der Waals surface area contributed by atoms with Crippen molar-refractivity contribution < 1.29 is 13.2 Å². The molecular weight excluding hydrogens is 342 g/mol.